The Balaban J connectivity index is 1.83. The predicted molar refractivity (Wildman–Crippen MR) is 105 cm³/mol. The highest BCUT2D eigenvalue weighted by molar-refractivity contribution is 7.10. The van der Waals surface area contributed by atoms with Crippen LogP contribution in [-0.2, 0) is 11.4 Å². The number of rotatable bonds is 6. The molecule has 1 aromatic heterocycles. The van der Waals surface area contributed by atoms with Gasteiger partial charge in [0.05, 0.1) is 4.88 Å². The summed E-state index contributed by atoms with van der Waals surface area (Å²) in [4.78, 5) is 11.2. The molecule has 3 aromatic rings. The van der Waals surface area contributed by atoms with Gasteiger partial charge < -0.3 is 9.84 Å². The molecule has 0 bridgehead atoms. The molecular weight excluding hydrogens is 431 g/mol. The summed E-state index contributed by atoms with van der Waals surface area (Å²) in [7, 11) is 0. The van der Waals surface area contributed by atoms with Crippen LogP contribution in [0.4, 0.5) is 8.78 Å². The van der Waals surface area contributed by atoms with E-state index >= 15 is 0 Å². The van der Waals surface area contributed by atoms with Gasteiger partial charge >= 0.3 is 5.97 Å². The molecule has 2 aromatic carbocycles. The smallest absolute Gasteiger partial charge is 0.328 e. The minimum Gasteiger partial charge on any atom is -0.486 e. The van der Waals surface area contributed by atoms with Crippen LogP contribution < -0.4 is 4.74 Å². The summed E-state index contributed by atoms with van der Waals surface area (Å²) < 4.78 is 37.8. The van der Waals surface area contributed by atoms with Gasteiger partial charge in [-0.05, 0) is 47.4 Å². The number of hydrogen-bond donors (Lipinski definition) is 1. The van der Waals surface area contributed by atoms with E-state index in [2.05, 4.69) is 4.37 Å². The molecular formula is C19H11Cl2F2NO3S. The molecule has 1 N–H and O–H groups in total. The van der Waals surface area contributed by atoms with Crippen molar-refractivity contribution in [1.29, 1.82) is 0 Å². The number of ether oxygens (including phenoxy) is 1. The third-order valence-electron chi connectivity index (χ3n) is 3.70. The molecule has 4 nitrogen and oxygen atoms in total. The zero-order valence-corrected chi connectivity index (χ0v) is 16.3. The number of benzene rings is 2. The molecule has 3 rings (SSSR count). The first-order valence-corrected chi connectivity index (χ1v) is 9.31. The van der Waals surface area contributed by atoms with Crippen molar-refractivity contribution < 1.29 is 23.4 Å². The molecule has 28 heavy (non-hydrogen) atoms. The van der Waals surface area contributed by atoms with Crippen molar-refractivity contribution in [3.05, 3.63) is 75.4 Å². The Labute approximate surface area is 172 Å². The zero-order chi connectivity index (χ0) is 20.3. The summed E-state index contributed by atoms with van der Waals surface area (Å²) in [6, 6.07) is 9.45. The summed E-state index contributed by atoms with van der Waals surface area (Å²) in [5, 5.41) is 9.37. The van der Waals surface area contributed by atoms with Crippen molar-refractivity contribution in [1.82, 2.24) is 4.37 Å². The molecule has 0 atom stereocenters. The minimum atomic E-state index is -1.27. The predicted octanol–water partition coefficient (Wildman–Crippen LogP) is 6.07. The highest BCUT2D eigenvalue weighted by Crippen LogP contribution is 2.35. The fourth-order valence-corrected chi connectivity index (χ4v) is 3.56. The molecule has 0 radical (unpaired) electrons. The standard InChI is InChI=1S/C19H11Cl2F2NO3S/c20-12-5-1-11(2-6-12)18-13(19(21)24-28-18)9-27-14-7-3-10(4-8-15(25)26)16(22)17(14)23/h1-8H,9H2,(H,25,26). The molecule has 144 valence electrons. The summed E-state index contributed by atoms with van der Waals surface area (Å²) in [6.07, 6.45) is 1.68. The summed E-state index contributed by atoms with van der Waals surface area (Å²) in [6.45, 7) is -0.131. The van der Waals surface area contributed by atoms with Gasteiger partial charge in [-0.3, -0.25) is 0 Å². The molecule has 0 aliphatic rings. The molecule has 9 heteroatoms. The number of hydrogen-bond acceptors (Lipinski definition) is 4. The third kappa shape index (κ3) is 4.49. The average molecular weight is 442 g/mol. The molecule has 0 saturated heterocycles. The maximum Gasteiger partial charge on any atom is 0.328 e. The van der Waals surface area contributed by atoms with Gasteiger partial charge in [0.2, 0.25) is 5.82 Å². The Bertz CT molecular complexity index is 1050. The van der Waals surface area contributed by atoms with E-state index in [-0.39, 0.29) is 23.1 Å². The second kappa shape index (κ2) is 8.68. The van der Waals surface area contributed by atoms with Gasteiger partial charge in [0.15, 0.2) is 11.6 Å². The number of nitrogens with zero attached hydrogens (tertiary/aromatic N) is 1. The Morgan fingerprint density at radius 3 is 2.54 bits per heavy atom. The highest BCUT2D eigenvalue weighted by Gasteiger charge is 2.18. The number of halogens is 4. The number of aromatic nitrogens is 1. The Kier molecular flexibility index (Phi) is 6.28. The van der Waals surface area contributed by atoms with Crippen molar-refractivity contribution in [2.45, 2.75) is 6.61 Å². The van der Waals surface area contributed by atoms with Crippen LogP contribution in [-0.4, -0.2) is 15.4 Å². The van der Waals surface area contributed by atoms with E-state index in [1.165, 1.54) is 12.1 Å². The van der Waals surface area contributed by atoms with Crippen LogP contribution in [0.3, 0.4) is 0 Å². The molecule has 0 aliphatic carbocycles. The lowest BCUT2D eigenvalue weighted by molar-refractivity contribution is -0.131. The molecule has 0 spiro atoms. The molecule has 0 aliphatic heterocycles. The average Bonchev–Trinajstić information content (AvgIpc) is 3.03. The van der Waals surface area contributed by atoms with E-state index in [1.54, 1.807) is 24.3 Å². The van der Waals surface area contributed by atoms with E-state index < -0.39 is 17.6 Å². The van der Waals surface area contributed by atoms with Crippen LogP contribution in [0, 0.1) is 11.6 Å². The topological polar surface area (TPSA) is 59.4 Å². The Morgan fingerprint density at radius 2 is 1.86 bits per heavy atom. The van der Waals surface area contributed by atoms with E-state index in [4.69, 9.17) is 33.0 Å². The summed E-state index contributed by atoms with van der Waals surface area (Å²) in [5.41, 5.74) is 1.14. The fourth-order valence-electron chi connectivity index (χ4n) is 2.34. The van der Waals surface area contributed by atoms with Crippen molar-refractivity contribution in [3.63, 3.8) is 0 Å². The van der Waals surface area contributed by atoms with Crippen LogP contribution in [0.25, 0.3) is 16.5 Å². The normalized spacial score (nSPS) is 11.1. The number of carboxylic acids is 1. The van der Waals surface area contributed by atoms with Crippen molar-refractivity contribution in [2.24, 2.45) is 0 Å². The van der Waals surface area contributed by atoms with Crippen molar-refractivity contribution >= 4 is 46.8 Å². The first kappa shape index (κ1) is 20.3. The molecule has 0 fully saturated rings. The maximum atomic E-state index is 14.2. The molecule has 0 amide bonds. The zero-order valence-electron chi connectivity index (χ0n) is 14.0. The van der Waals surface area contributed by atoms with E-state index in [9.17, 15) is 13.6 Å². The van der Waals surface area contributed by atoms with E-state index in [0.29, 0.717) is 16.7 Å². The fraction of sp³-hybridized carbons (Fsp3) is 0.0526. The monoisotopic (exact) mass is 441 g/mol. The molecule has 0 unspecified atom stereocenters. The highest BCUT2D eigenvalue weighted by atomic mass is 35.5. The number of aliphatic carboxylic acids is 1. The lowest BCUT2D eigenvalue weighted by Crippen LogP contribution is -2.01. The minimum absolute atomic E-state index is 0.131. The van der Waals surface area contributed by atoms with E-state index in [1.807, 2.05) is 0 Å². The van der Waals surface area contributed by atoms with Gasteiger partial charge in [-0.25, -0.2) is 9.18 Å². The van der Waals surface area contributed by atoms with Gasteiger partial charge in [-0.15, -0.1) is 0 Å². The Hall–Kier alpha value is -2.48. The van der Waals surface area contributed by atoms with Crippen LogP contribution in [0.1, 0.15) is 11.1 Å². The van der Waals surface area contributed by atoms with Crippen LogP contribution >= 0.6 is 34.7 Å². The quantitative estimate of drug-likeness (QED) is 0.471. The first-order valence-electron chi connectivity index (χ1n) is 7.78. The number of carbonyl (C=O) groups is 1. The van der Waals surface area contributed by atoms with Gasteiger partial charge in [0, 0.05) is 22.2 Å². The van der Waals surface area contributed by atoms with Crippen molar-refractivity contribution in [3.8, 4) is 16.2 Å². The van der Waals surface area contributed by atoms with Crippen LogP contribution in [0.5, 0.6) is 5.75 Å². The van der Waals surface area contributed by atoms with Gasteiger partial charge in [0.25, 0.3) is 0 Å². The van der Waals surface area contributed by atoms with Crippen LogP contribution in [0.2, 0.25) is 10.2 Å². The maximum absolute atomic E-state index is 14.2. The molecule has 1 heterocycles. The van der Waals surface area contributed by atoms with E-state index in [0.717, 1.165) is 28.0 Å². The SMILES string of the molecule is O=C(O)C=Cc1ccc(OCc2c(Cl)nsc2-c2ccc(Cl)cc2)c(F)c1F. The lowest BCUT2D eigenvalue weighted by Gasteiger charge is -2.10. The number of carboxylic acid groups (broad SMARTS) is 1. The lowest BCUT2D eigenvalue weighted by atomic mass is 10.1. The second-order valence-corrected chi connectivity index (χ2v) is 7.10. The van der Waals surface area contributed by atoms with Gasteiger partial charge in [-0.1, -0.05) is 35.3 Å². The van der Waals surface area contributed by atoms with Gasteiger partial charge in [-0.2, -0.15) is 8.76 Å². The van der Waals surface area contributed by atoms with Crippen LogP contribution in [0.15, 0.2) is 42.5 Å². The summed E-state index contributed by atoms with van der Waals surface area (Å²) in [5.74, 6) is -4.02. The summed E-state index contributed by atoms with van der Waals surface area (Å²) >= 11 is 13.2. The third-order valence-corrected chi connectivity index (χ3v) is 5.30. The second-order valence-electron chi connectivity index (χ2n) is 5.53. The van der Waals surface area contributed by atoms with Crippen molar-refractivity contribution in [2.75, 3.05) is 0 Å². The largest absolute Gasteiger partial charge is 0.486 e. The first-order chi connectivity index (χ1) is 13.4. The molecule has 0 saturated carbocycles. The van der Waals surface area contributed by atoms with Gasteiger partial charge in [0.1, 0.15) is 11.8 Å². The Morgan fingerprint density at radius 1 is 1.14 bits per heavy atom.